The molecule has 0 aliphatic rings. The quantitative estimate of drug-likeness (QED) is 0.449. The van der Waals surface area contributed by atoms with E-state index in [1.807, 2.05) is 48.5 Å². The first-order chi connectivity index (χ1) is 10.6. The third-order valence-corrected chi connectivity index (χ3v) is 2.89. The van der Waals surface area contributed by atoms with Gasteiger partial charge in [0.1, 0.15) is 0 Å². The lowest BCUT2D eigenvalue weighted by Crippen LogP contribution is -2.06. The maximum atomic E-state index is 5.94. The number of para-hydroxylation sites is 2. The first-order valence-electron chi connectivity index (χ1n) is 6.23. The maximum Gasteiger partial charge on any atom is 0.227 e. The number of hydrogen-bond acceptors (Lipinski definition) is 1. The summed E-state index contributed by atoms with van der Waals surface area (Å²) in [5, 5.41) is 2.77. The smallest absolute Gasteiger partial charge is 0.227 e. The van der Waals surface area contributed by atoms with Crippen molar-refractivity contribution in [3.63, 3.8) is 0 Å². The molecule has 0 aliphatic heterocycles. The number of halogens is 3. The highest BCUT2D eigenvalue weighted by molar-refractivity contribution is 6.75. The summed E-state index contributed by atoms with van der Waals surface area (Å²) in [6.45, 7) is 0. The average Bonchev–Trinajstić information content (AvgIpc) is 2.48. The van der Waals surface area contributed by atoms with E-state index < -0.39 is 0 Å². The largest absolute Gasteiger partial charge is 0.330 e. The number of nitrogens with zero attached hydrogens (tertiary/aromatic N) is 3. The zero-order valence-corrected chi connectivity index (χ0v) is 13.5. The summed E-state index contributed by atoms with van der Waals surface area (Å²) in [6, 6.07) is 18.4. The molecule has 22 heavy (non-hydrogen) atoms. The van der Waals surface area contributed by atoms with E-state index in [1.165, 1.54) is 0 Å². The molecule has 0 atom stereocenters. The van der Waals surface area contributed by atoms with E-state index in [0.717, 1.165) is 5.69 Å². The minimum absolute atomic E-state index is 0.0378. The Morgan fingerprint density at radius 3 is 1.95 bits per heavy atom. The van der Waals surface area contributed by atoms with Gasteiger partial charge >= 0.3 is 0 Å². The summed E-state index contributed by atoms with van der Waals surface area (Å²) >= 11 is 17.7. The van der Waals surface area contributed by atoms with Crippen LogP contribution >= 0.6 is 34.8 Å². The molecule has 0 saturated carbocycles. The summed E-state index contributed by atoms with van der Waals surface area (Å²) < 4.78 is 0. The van der Waals surface area contributed by atoms with E-state index in [2.05, 4.69) is 20.3 Å². The second-order valence-electron chi connectivity index (χ2n) is 3.99. The van der Waals surface area contributed by atoms with Crippen LogP contribution < -0.4 is 5.32 Å². The van der Waals surface area contributed by atoms with Crippen LogP contribution in [0.15, 0.2) is 75.6 Å². The van der Waals surface area contributed by atoms with Crippen LogP contribution in [0.2, 0.25) is 0 Å². The number of rotatable bonds is 2. The van der Waals surface area contributed by atoms with Gasteiger partial charge in [-0.05, 0) is 59.1 Å². The van der Waals surface area contributed by atoms with Crippen LogP contribution in [0.25, 0.3) is 0 Å². The SMILES string of the molecule is ClC(=Nc1ccccc1)/N=C(Cl)/N=C(\Cl)Nc1ccccc1. The van der Waals surface area contributed by atoms with Gasteiger partial charge in [0, 0.05) is 5.69 Å². The lowest BCUT2D eigenvalue weighted by molar-refractivity contribution is 1.49. The van der Waals surface area contributed by atoms with Crippen molar-refractivity contribution in [3.8, 4) is 0 Å². The third kappa shape index (κ3) is 5.85. The second-order valence-corrected chi connectivity index (χ2v) is 5.02. The van der Waals surface area contributed by atoms with Crippen LogP contribution in [0.1, 0.15) is 0 Å². The molecule has 4 nitrogen and oxygen atoms in total. The Morgan fingerprint density at radius 1 is 0.727 bits per heavy atom. The van der Waals surface area contributed by atoms with E-state index in [9.17, 15) is 0 Å². The molecule has 0 unspecified atom stereocenters. The van der Waals surface area contributed by atoms with E-state index in [1.54, 1.807) is 12.1 Å². The predicted molar refractivity (Wildman–Crippen MR) is 96.0 cm³/mol. The number of aliphatic imine (C=N–C) groups is 3. The number of benzene rings is 2. The van der Waals surface area contributed by atoms with Crippen molar-refractivity contribution < 1.29 is 0 Å². The van der Waals surface area contributed by atoms with Crippen molar-refractivity contribution in [2.45, 2.75) is 0 Å². The number of hydrogen-bond donors (Lipinski definition) is 1. The van der Waals surface area contributed by atoms with E-state index in [0.29, 0.717) is 5.69 Å². The Bertz CT molecular complexity index is 697. The fourth-order valence-corrected chi connectivity index (χ4v) is 2.10. The van der Waals surface area contributed by atoms with Crippen molar-refractivity contribution in [3.05, 3.63) is 60.7 Å². The third-order valence-electron chi connectivity index (χ3n) is 2.37. The van der Waals surface area contributed by atoms with Gasteiger partial charge in [0.25, 0.3) is 0 Å². The standard InChI is InChI=1S/C15H11Cl3N4/c16-13(19-11-7-3-1-4-8-11)21-15(18)22-14(17)20-12-9-5-2-6-10-12/h1-10H,(H,19,20,21,22). The summed E-state index contributed by atoms with van der Waals surface area (Å²) in [5.41, 5.74) is 1.45. The molecule has 0 saturated heterocycles. The molecule has 0 radical (unpaired) electrons. The molecule has 2 aromatic rings. The highest BCUT2D eigenvalue weighted by Crippen LogP contribution is 2.12. The molecule has 0 bridgehead atoms. The zero-order valence-electron chi connectivity index (χ0n) is 11.2. The van der Waals surface area contributed by atoms with Crippen molar-refractivity contribution in [1.29, 1.82) is 0 Å². The maximum absolute atomic E-state index is 5.94. The molecule has 7 heteroatoms. The molecule has 1 N–H and O–H groups in total. The molecule has 2 rings (SSSR count). The Morgan fingerprint density at radius 2 is 1.32 bits per heavy atom. The second kappa shape index (κ2) is 8.54. The van der Waals surface area contributed by atoms with E-state index >= 15 is 0 Å². The van der Waals surface area contributed by atoms with Gasteiger partial charge in [-0.1, -0.05) is 36.4 Å². The predicted octanol–water partition coefficient (Wildman–Crippen LogP) is 5.21. The Balaban J connectivity index is 2.05. The van der Waals surface area contributed by atoms with Crippen molar-refractivity contribution in [2.24, 2.45) is 15.0 Å². The van der Waals surface area contributed by atoms with Gasteiger partial charge in [-0.15, -0.1) is 0 Å². The normalized spacial score (nSPS) is 13.1. The summed E-state index contributed by atoms with van der Waals surface area (Å²) in [5.74, 6) is 0. The van der Waals surface area contributed by atoms with Gasteiger partial charge in [-0.2, -0.15) is 9.98 Å². The van der Waals surface area contributed by atoms with Crippen LogP contribution in [-0.4, -0.2) is 15.9 Å². The number of anilines is 1. The van der Waals surface area contributed by atoms with Crippen molar-refractivity contribution >= 4 is 62.1 Å². The van der Waals surface area contributed by atoms with E-state index in [-0.39, 0.29) is 15.9 Å². The molecule has 0 aromatic heterocycles. The molecule has 2 aromatic carbocycles. The molecule has 112 valence electrons. The fraction of sp³-hybridized carbons (Fsp3) is 0. The molecular weight excluding hydrogens is 343 g/mol. The van der Waals surface area contributed by atoms with Crippen LogP contribution in [0, 0.1) is 0 Å². The lowest BCUT2D eigenvalue weighted by atomic mass is 10.3. The Kier molecular flexibility index (Phi) is 6.40. The van der Waals surface area contributed by atoms with Crippen LogP contribution in [0.3, 0.4) is 0 Å². The van der Waals surface area contributed by atoms with Crippen LogP contribution in [0.4, 0.5) is 11.4 Å². The molecule has 0 spiro atoms. The number of amidine groups is 3. The molecule has 0 aliphatic carbocycles. The Labute approximate surface area is 143 Å². The summed E-state index contributed by atoms with van der Waals surface area (Å²) in [7, 11) is 0. The van der Waals surface area contributed by atoms with Crippen LogP contribution in [0.5, 0.6) is 0 Å². The highest BCUT2D eigenvalue weighted by atomic mass is 35.5. The Hall–Kier alpha value is -1.88. The first kappa shape index (κ1) is 16.5. The van der Waals surface area contributed by atoms with Gasteiger partial charge in [0.05, 0.1) is 5.69 Å². The van der Waals surface area contributed by atoms with Crippen molar-refractivity contribution in [1.82, 2.24) is 0 Å². The lowest BCUT2D eigenvalue weighted by Gasteiger charge is -2.02. The minimum Gasteiger partial charge on any atom is -0.330 e. The molecule has 0 heterocycles. The summed E-state index contributed by atoms with van der Waals surface area (Å²) in [6.07, 6.45) is 0. The topological polar surface area (TPSA) is 49.1 Å². The highest BCUT2D eigenvalue weighted by Gasteiger charge is 2.00. The van der Waals surface area contributed by atoms with Crippen LogP contribution in [-0.2, 0) is 0 Å². The fourth-order valence-electron chi connectivity index (χ4n) is 1.48. The van der Waals surface area contributed by atoms with Gasteiger partial charge in [-0.3, -0.25) is 0 Å². The molecule has 0 amide bonds. The van der Waals surface area contributed by atoms with Gasteiger partial charge < -0.3 is 5.32 Å². The van der Waals surface area contributed by atoms with Crippen molar-refractivity contribution in [2.75, 3.05) is 5.32 Å². The van der Waals surface area contributed by atoms with Gasteiger partial charge in [0.2, 0.25) is 15.9 Å². The number of nitrogens with one attached hydrogen (secondary N) is 1. The van der Waals surface area contributed by atoms with Gasteiger partial charge in [0.15, 0.2) is 0 Å². The minimum atomic E-state index is -0.127. The molecule has 0 fully saturated rings. The molecular formula is C15H11Cl3N4. The monoisotopic (exact) mass is 352 g/mol. The summed E-state index contributed by atoms with van der Waals surface area (Å²) in [4.78, 5) is 11.8. The first-order valence-corrected chi connectivity index (χ1v) is 7.36. The zero-order chi connectivity index (χ0) is 15.8. The van der Waals surface area contributed by atoms with Gasteiger partial charge in [-0.25, -0.2) is 4.99 Å². The average molecular weight is 354 g/mol. The van der Waals surface area contributed by atoms with E-state index in [4.69, 9.17) is 34.8 Å².